The van der Waals surface area contributed by atoms with E-state index in [4.69, 9.17) is 0 Å². The Morgan fingerprint density at radius 2 is 1.80 bits per heavy atom. The molecule has 1 aliphatic rings. The zero-order chi connectivity index (χ0) is 25.2. The molecule has 0 aliphatic carbocycles. The molecular weight excluding hydrogens is 487 g/mol. The Hall–Kier alpha value is -3.52. The van der Waals surface area contributed by atoms with Crippen LogP contribution >= 0.6 is 0 Å². The summed E-state index contributed by atoms with van der Waals surface area (Å²) in [4.78, 5) is 16.0. The quantitative estimate of drug-likeness (QED) is 0.562. The Kier molecular flexibility index (Phi) is 6.76. The summed E-state index contributed by atoms with van der Waals surface area (Å²) >= 11 is 0. The molecular formula is C21H22F3N7O3S. The van der Waals surface area contributed by atoms with Crippen LogP contribution in [0.4, 0.5) is 23.7 Å². The second-order valence-corrected chi connectivity index (χ2v) is 9.84. The first kappa shape index (κ1) is 24.6. The van der Waals surface area contributed by atoms with Crippen molar-refractivity contribution in [3.63, 3.8) is 0 Å². The van der Waals surface area contributed by atoms with E-state index in [0.29, 0.717) is 24.2 Å². The van der Waals surface area contributed by atoms with Crippen LogP contribution in [-0.2, 0) is 22.7 Å². The molecule has 2 aromatic heterocycles. The van der Waals surface area contributed by atoms with E-state index < -0.39 is 27.8 Å². The third-order valence-electron chi connectivity index (χ3n) is 5.45. The van der Waals surface area contributed by atoms with Crippen molar-refractivity contribution in [1.82, 2.24) is 29.8 Å². The Morgan fingerprint density at radius 3 is 2.43 bits per heavy atom. The van der Waals surface area contributed by atoms with Gasteiger partial charge in [0, 0.05) is 38.3 Å². The zero-order valence-corrected chi connectivity index (χ0v) is 19.4. The number of hydrogen-bond acceptors (Lipinski definition) is 7. The second kappa shape index (κ2) is 9.62. The number of piperazine rings is 1. The zero-order valence-electron chi connectivity index (χ0n) is 18.6. The van der Waals surface area contributed by atoms with Gasteiger partial charge in [0.25, 0.3) is 0 Å². The molecule has 1 saturated heterocycles. The van der Waals surface area contributed by atoms with E-state index in [1.54, 1.807) is 12.1 Å². The van der Waals surface area contributed by atoms with E-state index >= 15 is 0 Å². The van der Waals surface area contributed by atoms with Crippen LogP contribution in [0.5, 0.6) is 0 Å². The van der Waals surface area contributed by atoms with Crippen LogP contribution < -0.4 is 4.72 Å². The minimum absolute atomic E-state index is 0.0793. The molecule has 0 unspecified atom stereocenters. The highest BCUT2D eigenvalue weighted by molar-refractivity contribution is 7.92. The Labute approximate surface area is 199 Å². The summed E-state index contributed by atoms with van der Waals surface area (Å²) in [5.41, 5.74) is 0.526. The van der Waals surface area contributed by atoms with E-state index in [1.165, 1.54) is 35.8 Å². The third kappa shape index (κ3) is 6.14. The molecule has 1 N–H and O–H groups in total. The van der Waals surface area contributed by atoms with Gasteiger partial charge in [-0.25, -0.2) is 13.2 Å². The number of nitrogens with zero attached hydrogens (tertiary/aromatic N) is 6. The van der Waals surface area contributed by atoms with Crippen molar-refractivity contribution < 1.29 is 26.4 Å². The van der Waals surface area contributed by atoms with E-state index in [1.807, 2.05) is 4.90 Å². The number of amides is 1. The van der Waals surface area contributed by atoms with E-state index in [9.17, 15) is 26.4 Å². The summed E-state index contributed by atoms with van der Waals surface area (Å²) in [6.45, 7) is 1.39. The Balaban J connectivity index is 1.42. The molecule has 0 spiro atoms. The molecule has 0 atom stereocenters. The maximum atomic E-state index is 13.8. The average molecular weight is 510 g/mol. The molecule has 186 valence electrons. The molecule has 35 heavy (non-hydrogen) atoms. The van der Waals surface area contributed by atoms with Crippen molar-refractivity contribution in [1.29, 1.82) is 0 Å². The summed E-state index contributed by atoms with van der Waals surface area (Å²) in [5.74, 6) is 0. The summed E-state index contributed by atoms with van der Waals surface area (Å²) in [6.07, 6.45) is 1.78. The lowest BCUT2D eigenvalue weighted by atomic mass is 9.99. The molecule has 1 amide bonds. The van der Waals surface area contributed by atoms with Gasteiger partial charge in [-0.2, -0.15) is 33.1 Å². The molecule has 0 saturated carbocycles. The molecule has 0 radical (unpaired) electrons. The fourth-order valence-corrected chi connectivity index (χ4v) is 4.33. The predicted molar refractivity (Wildman–Crippen MR) is 121 cm³/mol. The van der Waals surface area contributed by atoms with Gasteiger partial charge in [0.15, 0.2) is 0 Å². The SMILES string of the molecule is CS(=O)(=O)Nc1cnn(C(=O)N2CCN(Cc3ccc(-c4ccnnc4)cc3C(F)(F)F)CC2)c1. The number of anilines is 1. The van der Waals surface area contributed by atoms with Crippen molar-refractivity contribution >= 4 is 21.7 Å². The lowest BCUT2D eigenvalue weighted by Gasteiger charge is -2.34. The Bertz CT molecular complexity index is 1310. The minimum Gasteiger partial charge on any atom is -0.320 e. The van der Waals surface area contributed by atoms with E-state index in [-0.39, 0.29) is 30.9 Å². The largest absolute Gasteiger partial charge is 0.416 e. The van der Waals surface area contributed by atoms with Gasteiger partial charge in [0.1, 0.15) is 0 Å². The number of benzene rings is 1. The molecule has 3 aromatic rings. The van der Waals surface area contributed by atoms with Crippen LogP contribution in [0.25, 0.3) is 11.1 Å². The van der Waals surface area contributed by atoms with Gasteiger partial charge in [-0.1, -0.05) is 12.1 Å². The first-order chi connectivity index (χ1) is 16.5. The number of carbonyl (C=O) groups is 1. The summed E-state index contributed by atoms with van der Waals surface area (Å²) in [6, 6.07) is 5.36. The minimum atomic E-state index is -4.53. The fourth-order valence-electron chi connectivity index (χ4n) is 3.80. The van der Waals surface area contributed by atoms with Crippen LogP contribution in [0.15, 0.2) is 49.1 Å². The lowest BCUT2D eigenvalue weighted by molar-refractivity contribution is -0.138. The van der Waals surface area contributed by atoms with Gasteiger partial charge in [0.2, 0.25) is 10.0 Å². The van der Waals surface area contributed by atoms with Crippen molar-refractivity contribution in [2.24, 2.45) is 0 Å². The van der Waals surface area contributed by atoms with E-state index in [2.05, 4.69) is 20.0 Å². The molecule has 4 rings (SSSR count). The maximum Gasteiger partial charge on any atom is 0.416 e. The first-order valence-corrected chi connectivity index (χ1v) is 12.4. The van der Waals surface area contributed by atoms with Crippen molar-refractivity contribution in [3.8, 4) is 11.1 Å². The van der Waals surface area contributed by atoms with Gasteiger partial charge in [-0.15, -0.1) is 0 Å². The molecule has 1 aromatic carbocycles. The highest BCUT2D eigenvalue weighted by atomic mass is 32.2. The van der Waals surface area contributed by atoms with Crippen LogP contribution in [0.3, 0.4) is 0 Å². The van der Waals surface area contributed by atoms with Crippen LogP contribution in [0, 0.1) is 0 Å². The summed E-state index contributed by atoms with van der Waals surface area (Å²) < 4.78 is 67.3. The topological polar surface area (TPSA) is 113 Å². The number of rotatable bonds is 5. The smallest absolute Gasteiger partial charge is 0.320 e. The number of sulfonamides is 1. The number of alkyl halides is 3. The van der Waals surface area contributed by atoms with E-state index in [0.717, 1.165) is 17.0 Å². The first-order valence-electron chi connectivity index (χ1n) is 10.5. The third-order valence-corrected chi connectivity index (χ3v) is 6.06. The summed E-state index contributed by atoms with van der Waals surface area (Å²) in [7, 11) is -3.51. The number of halogens is 3. The highest BCUT2D eigenvalue weighted by Gasteiger charge is 2.34. The monoisotopic (exact) mass is 509 g/mol. The molecule has 3 heterocycles. The number of nitrogens with one attached hydrogen (secondary N) is 1. The van der Waals surface area contributed by atoms with Crippen molar-refractivity contribution in [2.45, 2.75) is 12.7 Å². The fraction of sp³-hybridized carbons (Fsp3) is 0.333. The molecule has 1 aliphatic heterocycles. The summed E-state index contributed by atoms with van der Waals surface area (Å²) in [5, 5.41) is 11.3. The molecule has 1 fully saturated rings. The van der Waals surface area contributed by atoms with Gasteiger partial charge < -0.3 is 4.90 Å². The Morgan fingerprint density at radius 1 is 1.06 bits per heavy atom. The normalized spacial score (nSPS) is 15.3. The van der Waals surface area contributed by atoms with Gasteiger partial charge in [-0.05, 0) is 23.3 Å². The van der Waals surface area contributed by atoms with Crippen LogP contribution in [0.2, 0.25) is 0 Å². The van der Waals surface area contributed by atoms with Gasteiger partial charge in [-0.3, -0.25) is 9.62 Å². The van der Waals surface area contributed by atoms with Crippen molar-refractivity contribution in [2.75, 3.05) is 37.2 Å². The predicted octanol–water partition coefficient (Wildman–Crippen LogP) is 2.52. The average Bonchev–Trinajstić information content (AvgIpc) is 3.26. The second-order valence-electron chi connectivity index (χ2n) is 8.09. The molecule has 14 heteroatoms. The molecule has 10 nitrogen and oxygen atoms in total. The maximum absolute atomic E-state index is 13.8. The van der Waals surface area contributed by atoms with Gasteiger partial charge >= 0.3 is 12.2 Å². The lowest BCUT2D eigenvalue weighted by Crippen LogP contribution is -2.49. The number of hydrogen-bond donors (Lipinski definition) is 1. The standard InChI is InChI=1S/C21H22F3N7O3S/c1-35(33,34)28-18-12-27-31(14-18)20(32)30-8-6-29(7-9-30)13-17-3-2-15(10-19(17)21(22,23)24)16-4-5-25-26-11-16/h2-5,10-12,14,28H,6-9,13H2,1H3. The van der Waals surface area contributed by atoms with Crippen molar-refractivity contribution in [3.05, 3.63) is 60.2 Å². The highest BCUT2D eigenvalue weighted by Crippen LogP contribution is 2.35. The van der Waals surface area contributed by atoms with Crippen LogP contribution in [-0.4, -0.2) is 76.7 Å². The number of aromatic nitrogens is 4. The molecule has 0 bridgehead atoms. The van der Waals surface area contributed by atoms with Gasteiger partial charge in [0.05, 0.1) is 42.3 Å². The van der Waals surface area contributed by atoms with Crippen LogP contribution in [0.1, 0.15) is 11.1 Å². The number of carbonyl (C=O) groups excluding carboxylic acids is 1.